The van der Waals surface area contributed by atoms with Gasteiger partial charge in [-0.3, -0.25) is 14.5 Å². The summed E-state index contributed by atoms with van der Waals surface area (Å²) in [6.07, 6.45) is 1.53. The Bertz CT molecular complexity index is 1500. The number of benzene rings is 3. The molecule has 200 valence electrons. The van der Waals surface area contributed by atoms with Crippen LogP contribution in [-0.2, 0) is 0 Å². The molecule has 2 amide bonds. The second-order valence-corrected chi connectivity index (χ2v) is 9.14. The van der Waals surface area contributed by atoms with Crippen LogP contribution in [0.25, 0.3) is 10.8 Å². The van der Waals surface area contributed by atoms with Gasteiger partial charge in [-0.25, -0.2) is 13.8 Å². The summed E-state index contributed by atoms with van der Waals surface area (Å²) in [5.74, 6) is -1.21. The molecular weight excluding hydrogens is 506 g/mol. The minimum atomic E-state index is -2.59. The number of alkyl halides is 2. The zero-order valence-electron chi connectivity index (χ0n) is 21.1. The van der Waals surface area contributed by atoms with Crippen molar-refractivity contribution in [2.45, 2.75) is 5.92 Å². The van der Waals surface area contributed by atoms with Crippen LogP contribution in [0.4, 0.5) is 14.6 Å². The number of fused-ring (bicyclic) bond motifs is 1. The molecule has 10 heteroatoms. The van der Waals surface area contributed by atoms with E-state index in [2.05, 4.69) is 15.6 Å². The average molecular weight is 533 g/mol. The van der Waals surface area contributed by atoms with Crippen LogP contribution in [0, 0.1) is 0 Å². The Morgan fingerprint density at radius 2 is 1.69 bits per heavy atom. The molecule has 4 aromatic rings. The second-order valence-electron chi connectivity index (χ2n) is 9.14. The first-order chi connectivity index (χ1) is 18.8. The van der Waals surface area contributed by atoms with E-state index in [4.69, 9.17) is 9.47 Å². The molecule has 0 aliphatic carbocycles. The molecule has 1 saturated heterocycles. The molecule has 0 spiro atoms. The zero-order valence-corrected chi connectivity index (χ0v) is 21.1. The highest BCUT2D eigenvalue weighted by molar-refractivity contribution is 6.07. The van der Waals surface area contributed by atoms with Gasteiger partial charge in [-0.05, 0) is 65.4 Å². The van der Waals surface area contributed by atoms with E-state index in [1.165, 1.54) is 6.20 Å². The number of likely N-dealkylation sites (tertiary alicyclic amines) is 1. The molecular formula is C29H26F2N4O4. The number of halogens is 2. The van der Waals surface area contributed by atoms with E-state index in [0.717, 1.165) is 10.8 Å². The lowest BCUT2D eigenvalue weighted by molar-refractivity contribution is -0.132. The molecule has 0 atom stereocenters. The summed E-state index contributed by atoms with van der Waals surface area (Å²) in [5, 5.41) is 7.05. The summed E-state index contributed by atoms with van der Waals surface area (Å²) in [7, 11) is 1.59. The van der Waals surface area contributed by atoms with Crippen molar-refractivity contribution in [1.29, 1.82) is 0 Å². The quantitative estimate of drug-likeness (QED) is 0.316. The van der Waals surface area contributed by atoms with Gasteiger partial charge in [0.15, 0.2) is 0 Å². The third-order valence-corrected chi connectivity index (χ3v) is 6.23. The number of nitrogens with one attached hydrogen (secondary N) is 2. The fourth-order valence-corrected chi connectivity index (χ4v) is 4.29. The van der Waals surface area contributed by atoms with Crippen LogP contribution in [0.5, 0.6) is 17.2 Å². The van der Waals surface area contributed by atoms with Gasteiger partial charge in [0.1, 0.15) is 29.7 Å². The van der Waals surface area contributed by atoms with Crippen molar-refractivity contribution in [3.8, 4) is 17.2 Å². The lowest BCUT2D eigenvalue weighted by atomic mass is 10.0. The maximum absolute atomic E-state index is 12.9. The van der Waals surface area contributed by atoms with Crippen molar-refractivity contribution in [1.82, 2.24) is 15.2 Å². The number of hydrogen-bond acceptors (Lipinski definition) is 6. The molecule has 2 N–H and O–H groups in total. The van der Waals surface area contributed by atoms with Crippen LogP contribution < -0.4 is 20.1 Å². The van der Waals surface area contributed by atoms with Gasteiger partial charge < -0.3 is 20.1 Å². The van der Waals surface area contributed by atoms with Crippen LogP contribution in [-0.4, -0.2) is 60.9 Å². The van der Waals surface area contributed by atoms with E-state index in [0.29, 0.717) is 40.7 Å². The average Bonchev–Trinajstić information content (AvgIpc) is 2.91. The van der Waals surface area contributed by atoms with E-state index >= 15 is 0 Å². The number of anilines is 1. The fraction of sp³-hybridized carbons (Fsp3) is 0.207. The van der Waals surface area contributed by atoms with Crippen LogP contribution >= 0.6 is 0 Å². The topological polar surface area (TPSA) is 92.8 Å². The van der Waals surface area contributed by atoms with Crippen LogP contribution in [0.15, 0.2) is 79.0 Å². The molecule has 0 unspecified atom stereocenters. The van der Waals surface area contributed by atoms with Crippen molar-refractivity contribution in [2.24, 2.45) is 0 Å². The van der Waals surface area contributed by atoms with Gasteiger partial charge in [-0.15, -0.1) is 0 Å². The summed E-state index contributed by atoms with van der Waals surface area (Å²) < 4.78 is 37.3. The highest BCUT2D eigenvalue weighted by Gasteiger charge is 2.43. The molecule has 39 heavy (non-hydrogen) atoms. The Kier molecular flexibility index (Phi) is 7.38. The maximum atomic E-state index is 12.9. The number of rotatable bonds is 9. The molecule has 0 radical (unpaired) electrons. The van der Waals surface area contributed by atoms with E-state index in [9.17, 15) is 18.4 Å². The summed E-state index contributed by atoms with van der Waals surface area (Å²) in [4.78, 5) is 30.7. The Labute approximate surface area is 223 Å². The van der Waals surface area contributed by atoms with Crippen molar-refractivity contribution < 1.29 is 27.8 Å². The van der Waals surface area contributed by atoms with Crippen molar-refractivity contribution in [3.05, 3.63) is 90.1 Å². The lowest BCUT2D eigenvalue weighted by Crippen LogP contribution is -2.56. The number of nitrogens with zero attached hydrogens (tertiary/aromatic N) is 2. The van der Waals surface area contributed by atoms with Gasteiger partial charge in [0.25, 0.3) is 17.7 Å². The van der Waals surface area contributed by atoms with E-state index < -0.39 is 5.92 Å². The monoisotopic (exact) mass is 532 g/mol. The number of ether oxygens (including phenoxy) is 2. The molecule has 1 aliphatic heterocycles. The molecule has 8 nitrogen and oxygen atoms in total. The fourth-order valence-electron chi connectivity index (χ4n) is 4.29. The van der Waals surface area contributed by atoms with E-state index in [1.54, 1.807) is 60.5 Å². The van der Waals surface area contributed by atoms with Crippen LogP contribution in [0.1, 0.15) is 20.7 Å². The van der Waals surface area contributed by atoms with Gasteiger partial charge >= 0.3 is 0 Å². The largest absolute Gasteiger partial charge is 0.492 e. The summed E-state index contributed by atoms with van der Waals surface area (Å²) in [5.41, 5.74) is 0.980. The minimum Gasteiger partial charge on any atom is -0.492 e. The van der Waals surface area contributed by atoms with E-state index in [1.807, 2.05) is 24.3 Å². The van der Waals surface area contributed by atoms with Crippen LogP contribution in [0.3, 0.4) is 0 Å². The third kappa shape index (κ3) is 6.29. The van der Waals surface area contributed by atoms with Gasteiger partial charge in [0.05, 0.1) is 13.1 Å². The van der Waals surface area contributed by atoms with Gasteiger partial charge in [-0.1, -0.05) is 12.1 Å². The number of carbonyl (C=O) groups is 2. The van der Waals surface area contributed by atoms with Crippen LogP contribution in [0.2, 0.25) is 0 Å². The first kappa shape index (κ1) is 26.1. The number of hydrogen-bond donors (Lipinski definition) is 2. The smallest absolute Gasteiger partial charge is 0.272 e. The number of aromatic nitrogens is 1. The van der Waals surface area contributed by atoms with Gasteiger partial charge in [-0.2, -0.15) is 0 Å². The number of pyridine rings is 1. The van der Waals surface area contributed by atoms with Gasteiger partial charge in [0, 0.05) is 37.0 Å². The Hall–Kier alpha value is -4.57. The third-order valence-electron chi connectivity index (χ3n) is 6.23. The molecule has 1 aromatic heterocycles. The maximum Gasteiger partial charge on any atom is 0.272 e. The SMILES string of the molecule is CNC(=O)c1cccc2cc(Oc3ccnc(NC(=O)c4ccc(OCCN5CC(F)(F)C5)cc4)c3)ccc12. The minimum absolute atomic E-state index is 0.164. The Balaban J connectivity index is 1.18. The second kappa shape index (κ2) is 11.0. The summed E-state index contributed by atoms with van der Waals surface area (Å²) >= 11 is 0. The summed E-state index contributed by atoms with van der Waals surface area (Å²) in [6.45, 7) is 0.221. The molecule has 0 bridgehead atoms. The predicted molar refractivity (Wildman–Crippen MR) is 143 cm³/mol. The lowest BCUT2D eigenvalue weighted by Gasteiger charge is -2.38. The molecule has 0 saturated carbocycles. The van der Waals surface area contributed by atoms with E-state index in [-0.39, 0.29) is 31.5 Å². The van der Waals surface area contributed by atoms with Gasteiger partial charge in [0.2, 0.25) is 0 Å². The highest BCUT2D eigenvalue weighted by atomic mass is 19.3. The normalized spacial score (nSPS) is 14.3. The predicted octanol–water partition coefficient (Wildman–Crippen LogP) is 4.97. The molecule has 5 rings (SSSR count). The highest BCUT2D eigenvalue weighted by Crippen LogP contribution is 2.29. The number of amides is 2. The Morgan fingerprint density at radius 1 is 0.949 bits per heavy atom. The summed E-state index contributed by atoms with van der Waals surface area (Å²) in [6, 6.07) is 20.7. The zero-order chi connectivity index (χ0) is 27.4. The molecule has 1 fully saturated rings. The standard InChI is InChI=1S/C29H26F2N4O4/c1-32-28(37)25-4-2-3-20-15-22(9-10-24(20)25)39-23-11-12-33-26(16-23)34-27(36)19-5-7-21(8-6-19)38-14-13-35-17-29(30,31)18-35/h2-12,15-16H,13-14,17-18H2,1H3,(H,32,37)(H,33,34,36). The number of carbonyl (C=O) groups excluding carboxylic acids is 2. The first-order valence-corrected chi connectivity index (χ1v) is 12.3. The van der Waals surface area contributed by atoms with Crippen molar-refractivity contribution >= 4 is 28.4 Å². The van der Waals surface area contributed by atoms with Crippen molar-refractivity contribution in [2.75, 3.05) is 38.6 Å². The molecule has 1 aliphatic rings. The first-order valence-electron chi connectivity index (χ1n) is 12.3. The molecule has 2 heterocycles. The Morgan fingerprint density at radius 3 is 2.44 bits per heavy atom. The van der Waals surface area contributed by atoms with Crippen molar-refractivity contribution in [3.63, 3.8) is 0 Å². The molecule has 3 aromatic carbocycles.